The van der Waals surface area contributed by atoms with Gasteiger partial charge >= 0.3 is 11.9 Å². The molecule has 0 bridgehead atoms. The molecule has 0 aliphatic rings. The highest BCUT2D eigenvalue weighted by atomic mass is 79.9. The second kappa shape index (κ2) is 5.60. The van der Waals surface area contributed by atoms with Crippen molar-refractivity contribution in [3.8, 4) is 0 Å². The maximum Gasteiger partial charge on any atom is 0.397 e. The van der Waals surface area contributed by atoms with E-state index >= 15 is 0 Å². The molecular weight excluding hydrogens is 281 g/mol. The summed E-state index contributed by atoms with van der Waals surface area (Å²) < 4.78 is 18.3. The van der Waals surface area contributed by atoms with E-state index in [2.05, 4.69) is 26.0 Å². The minimum Gasteiger partial charge on any atom is -0.459 e. The summed E-state index contributed by atoms with van der Waals surface area (Å²) >= 11 is 3.07. The van der Waals surface area contributed by atoms with Crippen molar-refractivity contribution in [3.63, 3.8) is 0 Å². The van der Waals surface area contributed by atoms with Gasteiger partial charge in [-0.15, -0.1) is 0 Å². The van der Waals surface area contributed by atoms with Crippen LogP contribution < -0.4 is 5.32 Å². The van der Waals surface area contributed by atoms with Crippen LogP contribution in [0.5, 0.6) is 0 Å². The van der Waals surface area contributed by atoms with Crippen LogP contribution in [0.15, 0.2) is 22.7 Å². The summed E-state index contributed by atoms with van der Waals surface area (Å²) in [4.78, 5) is 22.1. The maximum atomic E-state index is 13.3. The molecule has 0 saturated heterocycles. The highest BCUT2D eigenvalue weighted by Gasteiger charge is 2.16. The average molecular weight is 290 g/mol. The quantitative estimate of drug-likeness (QED) is 0.670. The van der Waals surface area contributed by atoms with Crippen LogP contribution in [-0.2, 0) is 14.3 Å². The molecule has 1 N–H and O–H groups in total. The second-order valence-electron chi connectivity index (χ2n) is 2.80. The van der Waals surface area contributed by atoms with Gasteiger partial charge in [0.15, 0.2) is 0 Å². The van der Waals surface area contributed by atoms with Crippen molar-refractivity contribution in [2.45, 2.75) is 6.92 Å². The first-order valence-corrected chi connectivity index (χ1v) is 5.27. The molecule has 1 amide bonds. The van der Waals surface area contributed by atoms with Gasteiger partial charge in [0.1, 0.15) is 5.82 Å². The lowest BCUT2D eigenvalue weighted by Crippen LogP contribution is -2.25. The molecule has 0 unspecified atom stereocenters. The number of carbonyl (C=O) groups excluding carboxylic acids is 2. The number of benzene rings is 1. The number of amides is 1. The third kappa shape index (κ3) is 3.30. The number of hydrogen-bond donors (Lipinski definition) is 1. The Morgan fingerprint density at radius 2 is 2.19 bits per heavy atom. The Morgan fingerprint density at radius 1 is 1.50 bits per heavy atom. The standard InChI is InChI=1S/C10H9BrFNO3/c1-2-16-10(15)9(14)13-8-4-3-6(11)5-7(8)12/h3-5H,2H2,1H3,(H,13,14). The Kier molecular flexibility index (Phi) is 4.42. The van der Waals surface area contributed by atoms with Gasteiger partial charge in [0.25, 0.3) is 0 Å². The molecule has 0 aromatic heterocycles. The number of anilines is 1. The fraction of sp³-hybridized carbons (Fsp3) is 0.200. The third-order valence-corrected chi connectivity index (χ3v) is 2.13. The molecule has 86 valence electrons. The number of carbonyl (C=O) groups is 2. The van der Waals surface area contributed by atoms with E-state index in [1.165, 1.54) is 12.1 Å². The first-order valence-electron chi connectivity index (χ1n) is 4.47. The van der Waals surface area contributed by atoms with Crippen LogP contribution in [0.2, 0.25) is 0 Å². The second-order valence-corrected chi connectivity index (χ2v) is 3.71. The van der Waals surface area contributed by atoms with Gasteiger partial charge in [-0.05, 0) is 25.1 Å². The van der Waals surface area contributed by atoms with Gasteiger partial charge in [-0.3, -0.25) is 4.79 Å². The van der Waals surface area contributed by atoms with Crippen LogP contribution in [0.25, 0.3) is 0 Å². The van der Waals surface area contributed by atoms with Gasteiger partial charge in [-0.1, -0.05) is 15.9 Å². The number of nitrogens with one attached hydrogen (secondary N) is 1. The molecule has 0 fully saturated rings. The van der Waals surface area contributed by atoms with E-state index in [0.717, 1.165) is 0 Å². The Bertz CT molecular complexity index is 423. The van der Waals surface area contributed by atoms with Gasteiger partial charge in [0, 0.05) is 4.47 Å². The number of rotatable bonds is 2. The van der Waals surface area contributed by atoms with Crippen molar-refractivity contribution in [1.29, 1.82) is 0 Å². The normalized spacial score (nSPS) is 9.69. The Labute approximate surface area is 99.9 Å². The molecule has 0 aliphatic carbocycles. The Balaban J connectivity index is 2.73. The summed E-state index contributed by atoms with van der Waals surface area (Å²) in [5.41, 5.74) is -0.0683. The minimum absolute atomic E-state index is 0.0683. The Hall–Kier alpha value is -1.43. The molecule has 6 heteroatoms. The third-order valence-electron chi connectivity index (χ3n) is 1.64. The van der Waals surface area contributed by atoms with Crippen LogP contribution in [0.3, 0.4) is 0 Å². The summed E-state index contributed by atoms with van der Waals surface area (Å²) in [6.45, 7) is 1.67. The first kappa shape index (κ1) is 12.6. The monoisotopic (exact) mass is 289 g/mol. The zero-order chi connectivity index (χ0) is 12.1. The zero-order valence-corrected chi connectivity index (χ0v) is 10.0. The molecule has 0 atom stereocenters. The predicted octanol–water partition coefficient (Wildman–Crippen LogP) is 2.09. The fourth-order valence-corrected chi connectivity index (χ4v) is 1.29. The fourth-order valence-electron chi connectivity index (χ4n) is 0.961. The molecule has 1 aromatic carbocycles. The van der Waals surface area contributed by atoms with Crippen LogP contribution >= 0.6 is 15.9 Å². The zero-order valence-electron chi connectivity index (χ0n) is 8.42. The minimum atomic E-state index is -1.04. The highest BCUT2D eigenvalue weighted by molar-refractivity contribution is 9.10. The highest BCUT2D eigenvalue weighted by Crippen LogP contribution is 2.19. The smallest absolute Gasteiger partial charge is 0.397 e. The topological polar surface area (TPSA) is 55.4 Å². The molecule has 0 saturated carbocycles. The van der Waals surface area contributed by atoms with E-state index in [-0.39, 0.29) is 12.3 Å². The first-order chi connectivity index (χ1) is 7.54. The lowest BCUT2D eigenvalue weighted by atomic mass is 10.3. The van der Waals surface area contributed by atoms with Gasteiger partial charge in [-0.2, -0.15) is 0 Å². The summed E-state index contributed by atoms with van der Waals surface area (Å²) in [6, 6.07) is 4.07. The van der Waals surface area contributed by atoms with E-state index in [0.29, 0.717) is 4.47 Å². The lowest BCUT2D eigenvalue weighted by Gasteiger charge is -2.05. The number of hydrogen-bond acceptors (Lipinski definition) is 3. The van der Waals surface area contributed by atoms with Gasteiger partial charge in [0.2, 0.25) is 0 Å². The predicted molar refractivity (Wildman–Crippen MR) is 59.4 cm³/mol. The van der Waals surface area contributed by atoms with Crippen LogP contribution in [0.1, 0.15) is 6.92 Å². The van der Waals surface area contributed by atoms with Gasteiger partial charge in [0.05, 0.1) is 12.3 Å². The summed E-state index contributed by atoms with van der Waals surface area (Å²) in [5, 5.41) is 2.11. The van der Waals surface area contributed by atoms with E-state index in [1.54, 1.807) is 13.0 Å². The molecule has 0 radical (unpaired) electrons. The molecule has 0 spiro atoms. The number of ether oxygens (including phenoxy) is 1. The van der Waals surface area contributed by atoms with Gasteiger partial charge in [-0.25, -0.2) is 9.18 Å². The van der Waals surface area contributed by atoms with E-state index in [4.69, 9.17) is 0 Å². The lowest BCUT2D eigenvalue weighted by molar-refractivity contribution is -0.152. The van der Waals surface area contributed by atoms with Crippen molar-refractivity contribution < 1.29 is 18.7 Å². The molecule has 16 heavy (non-hydrogen) atoms. The molecular formula is C10H9BrFNO3. The maximum absolute atomic E-state index is 13.3. The van der Waals surface area contributed by atoms with Crippen LogP contribution in [0, 0.1) is 5.82 Å². The van der Waals surface area contributed by atoms with Crippen molar-refractivity contribution >= 4 is 33.5 Å². The molecule has 1 rings (SSSR count). The molecule has 1 aromatic rings. The number of esters is 1. The molecule has 0 heterocycles. The van der Waals surface area contributed by atoms with Gasteiger partial charge < -0.3 is 10.1 Å². The molecule has 0 aliphatic heterocycles. The van der Waals surface area contributed by atoms with Crippen LogP contribution in [0.4, 0.5) is 10.1 Å². The van der Waals surface area contributed by atoms with Crippen LogP contribution in [-0.4, -0.2) is 18.5 Å². The summed E-state index contributed by atoms with van der Waals surface area (Å²) in [6.07, 6.45) is 0. The van der Waals surface area contributed by atoms with E-state index in [9.17, 15) is 14.0 Å². The van der Waals surface area contributed by atoms with Crippen molar-refractivity contribution in [2.24, 2.45) is 0 Å². The van der Waals surface area contributed by atoms with Crippen molar-refractivity contribution in [1.82, 2.24) is 0 Å². The largest absolute Gasteiger partial charge is 0.459 e. The molecule has 4 nitrogen and oxygen atoms in total. The van der Waals surface area contributed by atoms with E-state index in [1.807, 2.05) is 0 Å². The number of halogens is 2. The average Bonchev–Trinajstić information content (AvgIpc) is 2.22. The van der Waals surface area contributed by atoms with Crippen molar-refractivity contribution in [3.05, 3.63) is 28.5 Å². The summed E-state index contributed by atoms with van der Waals surface area (Å²) in [7, 11) is 0. The SMILES string of the molecule is CCOC(=O)C(=O)Nc1ccc(Br)cc1F. The summed E-state index contributed by atoms with van der Waals surface area (Å²) in [5.74, 6) is -2.67. The Morgan fingerprint density at radius 3 is 2.75 bits per heavy atom. The van der Waals surface area contributed by atoms with E-state index < -0.39 is 17.7 Å². The van der Waals surface area contributed by atoms with Crippen molar-refractivity contribution in [2.75, 3.05) is 11.9 Å².